The number of rotatable bonds is 6. The van der Waals surface area contributed by atoms with E-state index in [1.807, 2.05) is 30.1 Å². The predicted octanol–water partition coefficient (Wildman–Crippen LogP) is 2.80. The first-order chi connectivity index (χ1) is 12.5. The van der Waals surface area contributed by atoms with Crippen LogP contribution in [0.15, 0.2) is 30.3 Å². The largest absolute Gasteiger partial charge is 0.480 e. The lowest BCUT2D eigenvalue weighted by molar-refractivity contribution is -0.147. The van der Waals surface area contributed by atoms with Crippen molar-refractivity contribution in [2.24, 2.45) is 5.41 Å². The van der Waals surface area contributed by atoms with Gasteiger partial charge < -0.3 is 10.0 Å². The summed E-state index contributed by atoms with van der Waals surface area (Å²) in [7, 11) is 1.87. The fourth-order valence-corrected chi connectivity index (χ4v) is 4.46. The Labute approximate surface area is 156 Å². The summed E-state index contributed by atoms with van der Waals surface area (Å²) >= 11 is 0. The van der Waals surface area contributed by atoms with Crippen molar-refractivity contribution in [3.63, 3.8) is 0 Å². The maximum Gasteiger partial charge on any atom is 0.317 e. The molecule has 5 nitrogen and oxygen atoms in total. The van der Waals surface area contributed by atoms with E-state index in [1.165, 1.54) is 5.56 Å². The minimum Gasteiger partial charge on any atom is -0.480 e. The first-order valence-corrected chi connectivity index (χ1v) is 9.75. The smallest absolute Gasteiger partial charge is 0.317 e. The highest BCUT2D eigenvalue weighted by atomic mass is 16.4. The molecule has 5 heteroatoms. The van der Waals surface area contributed by atoms with Gasteiger partial charge in [0.15, 0.2) is 0 Å². The number of nitrogens with zero attached hydrogens (tertiary/aromatic N) is 2. The lowest BCUT2D eigenvalue weighted by Gasteiger charge is -2.43. The van der Waals surface area contributed by atoms with Gasteiger partial charge in [-0.1, -0.05) is 36.8 Å². The van der Waals surface area contributed by atoms with Crippen molar-refractivity contribution >= 4 is 11.9 Å². The number of hydrogen-bond donors (Lipinski definition) is 1. The van der Waals surface area contributed by atoms with E-state index in [0.717, 1.165) is 58.0 Å². The van der Waals surface area contributed by atoms with Crippen LogP contribution in [-0.4, -0.2) is 59.5 Å². The average Bonchev–Trinajstić information content (AvgIpc) is 2.84. The van der Waals surface area contributed by atoms with Crippen LogP contribution in [0, 0.1) is 5.41 Å². The summed E-state index contributed by atoms with van der Waals surface area (Å²) in [6.45, 7) is 1.60. The molecule has 1 atom stereocenters. The van der Waals surface area contributed by atoms with Crippen LogP contribution < -0.4 is 0 Å². The van der Waals surface area contributed by atoms with Gasteiger partial charge in [-0.3, -0.25) is 14.5 Å². The van der Waals surface area contributed by atoms with Gasteiger partial charge in [-0.15, -0.1) is 0 Å². The van der Waals surface area contributed by atoms with E-state index in [-0.39, 0.29) is 18.0 Å². The Morgan fingerprint density at radius 1 is 1.15 bits per heavy atom. The number of aliphatic carboxylic acids is 1. The zero-order chi connectivity index (χ0) is 18.6. The van der Waals surface area contributed by atoms with Crippen LogP contribution in [-0.2, 0) is 16.0 Å². The third-order valence-electron chi connectivity index (χ3n) is 6.14. The quantitative estimate of drug-likeness (QED) is 0.849. The van der Waals surface area contributed by atoms with Gasteiger partial charge in [-0.2, -0.15) is 0 Å². The molecule has 0 aromatic heterocycles. The maximum atomic E-state index is 13.3. The fourth-order valence-electron chi connectivity index (χ4n) is 4.46. The van der Waals surface area contributed by atoms with E-state index >= 15 is 0 Å². The number of likely N-dealkylation sites (N-methyl/N-ethyl adjacent to an activating group) is 1. The number of carbonyl (C=O) groups excluding carboxylic acids is 1. The zero-order valence-electron chi connectivity index (χ0n) is 15.7. The molecule has 1 amide bonds. The number of carboxylic acids is 1. The normalized spacial score (nSPS) is 22.5. The Balaban J connectivity index is 1.62. The molecule has 26 heavy (non-hydrogen) atoms. The molecular weight excluding hydrogens is 328 g/mol. The molecule has 142 valence electrons. The first-order valence-electron chi connectivity index (χ1n) is 9.75. The van der Waals surface area contributed by atoms with Crippen molar-refractivity contribution in [3.8, 4) is 0 Å². The lowest BCUT2D eigenvalue weighted by atomic mass is 9.64. The van der Waals surface area contributed by atoms with Gasteiger partial charge in [-0.25, -0.2) is 0 Å². The standard InChI is InChI=1S/C21H30N2O3/c1-22(16-19(24)25)18-9-5-13-23(14-10-18)20(26)21(11-6-12-21)15-17-7-3-2-4-8-17/h2-4,7-8,18H,5-6,9-16H2,1H3,(H,24,25). The summed E-state index contributed by atoms with van der Waals surface area (Å²) in [6, 6.07) is 10.6. The summed E-state index contributed by atoms with van der Waals surface area (Å²) in [5.41, 5.74) is 1.03. The molecule has 0 radical (unpaired) electrons. The van der Waals surface area contributed by atoms with E-state index < -0.39 is 5.97 Å². The van der Waals surface area contributed by atoms with E-state index in [9.17, 15) is 9.59 Å². The van der Waals surface area contributed by atoms with Crippen molar-refractivity contribution in [1.82, 2.24) is 9.80 Å². The van der Waals surface area contributed by atoms with Gasteiger partial charge in [-0.05, 0) is 51.1 Å². The molecule has 1 heterocycles. The molecule has 0 spiro atoms. The second kappa shape index (κ2) is 8.21. The second-order valence-corrected chi connectivity index (χ2v) is 7.98. The summed E-state index contributed by atoms with van der Waals surface area (Å²) in [5.74, 6) is -0.477. The summed E-state index contributed by atoms with van der Waals surface area (Å²) in [5, 5.41) is 9.01. The molecule has 1 unspecified atom stereocenters. The van der Waals surface area contributed by atoms with Crippen LogP contribution in [0.25, 0.3) is 0 Å². The fraction of sp³-hybridized carbons (Fsp3) is 0.619. The summed E-state index contributed by atoms with van der Waals surface area (Å²) in [6.07, 6.45) is 6.71. The first kappa shape index (κ1) is 18.9. The number of amides is 1. The molecule has 1 aliphatic carbocycles. The minimum absolute atomic E-state index is 0.0660. The molecule has 0 bridgehead atoms. The SMILES string of the molecule is CN(CC(=O)O)C1CCCN(C(=O)C2(Cc3ccccc3)CCC2)CC1. The van der Waals surface area contributed by atoms with Crippen LogP contribution in [0.2, 0.25) is 0 Å². The summed E-state index contributed by atoms with van der Waals surface area (Å²) < 4.78 is 0. The van der Waals surface area contributed by atoms with E-state index in [4.69, 9.17) is 5.11 Å². The van der Waals surface area contributed by atoms with Gasteiger partial charge in [0, 0.05) is 19.1 Å². The van der Waals surface area contributed by atoms with Crippen LogP contribution in [0.3, 0.4) is 0 Å². The molecule has 1 aliphatic heterocycles. The molecule has 3 rings (SSSR count). The van der Waals surface area contributed by atoms with Crippen molar-refractivity contribution in [2.45, 2.75) is 51.0 Å². The van der Waals surface area contributed by atoms with Crippen molar-refractivity contribution in [2.75, 3.05) is 26.7 Å². The highest BCUT2D eigenvalue weighted by molar-refractivity contribution is 5.84. The molecule has 1 N–H and O–H groups in total. The number of likely N-dealkylation sites (tertiary alicyclic amines) is 1. The number of carbonyl (C=O) groups is 2. The van der Waals surface area contributed by atoms with Gasteiger partial charge in [0.25, 0.3) is 0 Å². The Morgan fingerprint density at radius 3 is 2.50 bits per heavy atom. The monoisotopic (exact) mass is 358 g/mol. The van der Waals surface area contributed by atoms with Gasteiger partial charge in [0.1, 0.15) is 0 Å². The molecule has 2 aliphatic rings. The van der Waals surface area contributed by atoms with E-state index in [1.54, 1.807) is 0 Å². The molecular formula is C21H30N2O3. The maximum absolute atomic E-state index is 13.3. The highest BCUT2D eigenvalue weighted by Crippen LogP contribution is 2.45. The minimum atomic E-state index is -0.791. The number of hydrogen-bond acceptors (Lipinski definition) is 3. The number of carboxylic acid groups (broad SMARTS) is 1. The lowest BCUT2D eigenvalue weighted by Crippen LogP contribution is -2.49. The van der Waals surface area contributed by atoms with Gasteiger partial charge in [0.2, 0.25) is 5.91 Å². The van der Waals surface area contributed by atoms with E-state index in [0.29, 0.717) is 5.91 Å². The molecule has 1 saturated heterocycles. The van der Waals surface area contributed by atoms with E-state index in [2.05, 4.69) is 17.0 Å². The topological polar surface area (TPSA) is 60.9 Å². The van der Waals surface area contributed by atoms with Crippen LogP contribution in [0.5, 0.6) is 0 Å². The molecule has 2 fully saturated rings. The summed E-state index contributed by atoms with van der Waals surface area (Å²) in [4.78, 5) is 28.3. The Morgan fingerprint density at radius 2 is 1.88 bits per heavy atom. The third-order valence-corrected chi connectivity index (χ3v) is 6.14. The second-order valence-electron chi connectivity index (χ2n) is 7.98. The zero-order valence-corrected chi connectivity index (χ0v) is 15.7. The van der Waals surface area contributed by atoms with Crippen LogP contribution in [0.1, 0.15) is 44.1 Å². The van der Waals surface area contributed by atoms with Crippen molar-refractivity contribution < 1.29 is 14.7 Å². The Hall–Kier alpha value is -1.88. The Kier molecular flexibility index (Phi) is 5.97. The van der Waals surface area contributed by atoms with Crippen molar-refractivity contribution in [3.05, 3.63) is 35.9 Å². The average molecular weight is 358 g/mol. The highest BCUT2D eigenvalue weighted by Gasteiger charge is 2.46. The Bertz CT molecular complexity index is 627. The molecule has 1 aromatic rings. The molecule has 1 saturated carbocycles. The van der Waals surface area contributed by atoms with Crippen molar-refractivity contribution in [1.29, 1.82) is 0 Å². The van der Waals surface area contributed by atoms with Gasteiger partial charge in [0.05, 0.1) is 12.0 Å². The van der Waals surface area contributed by atoms with Gasteiger partial charge >= 0.3 is 5.97 Å². The van der Waals surface area contributed by atoms with Crippen LogP contribution in [0.4, 0.5) is 0 Å². The number of benzene rings is 1. The predicted molar refractivity (Wildman–Crippen MR) is 101 cm³/mol. The van der Waals surface area contributed by atoms with Crippen LogP contribution >= 0.6 is 0 Å². The molecule has 1 aromatic carbocycles. The third kappa shape index (κ3) is 4.26.